The van der Waals surface area contributed by atoms with Gasteiger partial charge in [-0.05, 0) is 55.8 Å². The molecule has 2 aromatic heterocycles. The van der Waals surface area contributed by atoms with Crippen molar-refractivity contribution >= 4 is 21.6 Å². The van der Waals surface area contributed by atoms with Crippen LogP contribution in [0.5, 0.6) is 0 Å². The van der Waals surface area contributed by atoms with Gasteiger partial charge in [-0.3, -0.25) is 4.98 Å². The molecule has 1 atom stereocenters. The van der Waals surface area contributed by atoms with Gasteiger partial charge in [-0.15, -0.1) is 11.3 Å². The van der Waals surface area contributed by atoms with E-state index in [1.807, 2.05) is 6.20 Å². The second kappa shape index (κ2) is 7.58. The molecule has 0 amide bonds. The number of aromatic nitrogens is 1. The van der Waals surface area contributed by atoms with Crippen LogP contribution >= 0.6 is 11.3 Å². The summed E-state index contributed by atoms with van der Waals surface area (Å²) in [5, 5.41) is 5.65. The molecule has 0 radical (unpaired) electrons. The second-order valence-electron chi connectivity index (χ2n) is 4.80. The molecular weight excluding hydrogens is 256 g/mol. The summed E-state index contributed by atoms with van der Waals surface area (Å²) in [5.41, 5.74) is 2.37. The maximum atomic E-state index is 5.04. The molecule has 19 heavy (non-hydrogen) atoms. The van der Waals surface area contributed by atoms with Crippen molar-refractivity contribution in [3.63, 3.8) is 0 Å². The molecule has 104 valence electrons. The fourth-order valence-corrected chi connectivity index (χ4v) is 2.87. The summed E-state index contributed by atoms with van der Waals surface area (Å²) in [6.07, 6.45) is 5.55. The van der Waals surface area contributed by atoms with Crippen molar-refractivity contribution in [2.45, 2.75) is 32.2 Å². The summed E-state index contributed by atoms with van der Waals surface area (Å²) in [4.78, 5) is 4.48. The number of ether oxygens (including phenoxy) is 1. The standard InChI is InChI=1S/C15H22N2OS/c1-12(16-7-4-3-5-8-18-2)13-10-15-14(17-11-13)6-9-19-15/h6,9-12,16H,3-5,7-8H2,1-2H3. The third-order valence-corrected chi connectivity index (χ3v) is 4.15. The molecule has 4 heteroatoms. The van der Waals surface area contributed by atoms with Crippen LogP contribution in [0.3, 0.4) is 0 Å². The van der Waals surface area contributed by atoms with Crippen molar-refractivity contribution in [2.75, 3.05) is 20.3 Å². The summed E-state index contributed by atoms with van der Waals surface area (Å²) in [6.45, 7) is 4.12. The molecular formula is C15H22N2OS. The van der Waals surface area contributed by atoms with Crippen LogP contribution in [0.25, 0.3) is 10.2 Å². The fourth-order valence-electron chi connectivity index (χ4n) is 2.08. The molecule has 2 heterocycles. The van der Waals surface area contributed by atoms with E-state index in [2.05, 4.69) is 34.7 Å². The van der Waals surface area contributed by atoms with Crippen LogP contribution in [-0.2, 0) is 4.74 Å². The number of unbranched alkanes of at least 4 members (excludes halogenated alkanes) is 2. The van der Waals surface area contributed by atoms with Gasteiger partial charge in [-0.25, -0.2) is 0 Å². The highest BCUT2D eigenvalue weighted by atomic mass is 32.1. The molecule has 0 spiro atoms. The lowest BCUT2D eigenvalue weighted by atomic mass is 10.1. The van der Waals surface area contributed by atoms with Crippen LogP contribution in [-0.4, -0.2) is 25.2 Å². The molecule has 1 N–H and O–H groups in total. The molecule has 1 unspecified atom stereocenters. The third kappa shape index (κ3) is 4.27. The highest BCUT2D eigenvalue weighted by molar-refractivity contribution is 7.17. The summed E-state index contributed by atoms with van der Waals surface area (Å²) in [6, 6.07) is 4.68. The van der Waals surface area contributed by atoms with Crippen molar-refractivity contribution < 1.29 is 4.74 Å². The van der Waals surface area contributed by atoms with Gasteiger partial charge >= 0.3 is 0 Å². The van der Waals surface area contributed by atoms with Gasteiger partial charge in [0, 0.05) is 26.0 Å². The Balaban J connectivity index is 1.77. The Morgan fingerprint density at radius 2 is 2.26 bits per heavy atom. The number of pyridine rings is 1. The first-order valence-corrected chi connectivity index (χ1v) is 7.74. The van der Waals surface area contributed by atoms with Crippen LogP contribution < -0.4 is 5.32 Å². The summed E-state index contributed by atoms with van der Waals surface area (Å²) in [5.74, 6) is 0. The lowest BCUT2D eigenvalue weighted by Crippen LogP contribution is -2.20. The molecule has 2 aromatic rings. The molecule has 3 nitrogen and oxygen atoms in total. The lowest BCUT2D eigenvalue weighted by Gasteiger charge is -2.13. The molecule has 0 aliphatic rings. The first-order chi connectivity index (χ1) is 9.31. The smallest absolute Gasteiger partial charge is 0.0809 e. The average molecular weight is 278 g/mol. The summed E-state index contributed by atoms with van der Waals surface area (Å²) < 4.78 is 6.31. The number of methoxy groups -OCH3 is 1. The van der Waals surface area contributed by atoms with Crippen molar-refractivity contribution in [3.8, 4) is 0 Å². The zero-order chi connectivity index (χ0) is 13.5. The first-order valence-electron chi connectivity index (χ1n) is 6.86. The van der Waals surface area contributed by atoms with Crippen LogP contribution in [0.2, 0.25) is 0 Å². The van der Waals surface area contributed by atoms with Gasteiger partial charge < -0.3 is 10.1 Å². The molecule has 0 aliphatic heterocycles. The maximum Gasteiger partial charge on any atom is 0.0809 e. The average Bonchev–Trinajstić information content (AvgIpc) is 2.89. The predicted molar refractivity (Wildman–Crippen MR) is 81.8 cm³/mol. The van der Waals surface area contributed by atoms with Gasteiger partial charge in [0.2, 0.25) is 0 Å². The van der Waals surface area contributed by atoms with Crippen molar-refractivity contribution in [1.29, 1.82) is 0 Å². The Hall–Kier alpha value is -0.970. The van der Waals surface area contributed by atoms with E-state index < -0.39 is 0 Å². The molecule has 2 rings (SSSR count). The number of rotatable bonds is 8. The van der Waals surface area contributed by atoms with Gasteiger partial charge in [0.1, 0.15) is 0 Å². The minimum atomic E-state index is 0.362. The van der Waals surface area contributed by atoms with Crippen molar-refractivity contribution in [3.05, 3.63) is 29.3 Å². The van der Waals surface area contributed by atoms with E-state index in [0.717, 1.165) is 25.1 Å². The van der Waals surface area contributed by atoms with Crippen LogP contribution in [0.1, 0.15) is 37.8 Å². The lowest BCUT2D eigenvalue weighted by molar-refractivity contribution is 0.192. The quantitative estimate of drug-likeness (QED) is 0.746. The summed E-state index contributed by atoms with van der Waals surface area (Å²) in [7, 11) is 1.76. The zero-order valence-corrected chi connectivity index (χ0v) is 12.5. The highest BCUT2D eigenvalue weighted by Gasteiger charge is 2.06. The Morgan fingerprint density at radius 1 is 1.37 bits per heavy atom. The molecule has 0 saturated heterocycles. The van der Waals surface area contributed by atoms with E-state index in [9.17, 15) is 0 Å². The number of nitrogens with zero attached hydrogens (tertiary/aromatic N) is 1. The fraction of sp³-hybridized carbons (Fsp3) is 0.533. The topological polar surface area (TPSA) is 34.1 Å². The number of hydrogen-bond acceptors (Lipinski definition) is 4. The normalized spacial score (nSPS) is 12.9. The number of nitrogens with one attached hydrogen (secondary N) is 1. The third-order valence-electron chi connectivity index (χ3n) is 3.30. The van der Waals surface area contributed by atoms with Crippen LogP contribution in [0.4, 0.5) is 0 Å². The van der Waals surface area contributed by atoms with Gasteiger partial charge in [0.15, 0.2) is 0 Å². The van der Waals surface area contributed by atoms with E-state index >= 15 is 0 Å². The Kier molecular flexibility index (Phi) is 5.76. The van der Waals surface area contributed by atoms with Gasteiger partial charge in [-0.1, -0.05) is 0 Å². The molecule has 0 aliphatic carbocycles. The monoisotopic (exact) mass is 278 g/mol. The van der Waals surface area contributed by atoms with E-state index in [1.54, 1.807) is 18.4 Å². The van der Waals surface area contributed by atoms with Crippen molar-refractivity contribution in [2.24, 2.45) is 0 Å². The SMILES string of the molecule is COCCCCCNC(C)c1cnc2ccsc2c1. The molecule has 0 aromatic carbocycles. The maximum absolute atomic E-state index is 5.04. The predicted octanol–water partition coefficient (Wildman–Crippen LogP) is 3.76. The minimum absolute atomic E-state index is 0.362. The number of fused-ring (bicyclic) bond motifs is 1. The second-order valence-corrected chi connectivity index (χ2v) is 5.75. The van der Waals surface area contributed by atoms with Crippen molar-refractivity contribution in [1.82, 2.24) is 10.3 Å². The number of thiophene rings is 1. The molecule has 0 bridgehead atoms. The van der Waals surface area contributed by atoms with E-state index in [-0.39, 0.29) is 0 Å². The summed E-state index contributed by atoms with van der Waals surface area (Å²) >= 11 is 1.75. The van der Waals surface area contributed by atoms with E-state index in [4.69, 9.17) is 4.74 Å². The largest absolute Gasteiger partial charge is 0.385 e. The van der Waals surface area contributed by atoms with E-state index in [1.165, 1.54) is 23.1 Å². The van der Waals surface area contributed by atoms with E-state index in [0.29, 0.717) is 6.04 Å². The molecule has 0 fully saturated rings. The zero-order valence-electron chi connectivity index (χ0n) is 11.7. The Labute approximate surface area is 119 Å². The Bertz CT molecular complexity index is 498. The van der Waals surface area contributed by atoms with Gasteiger partial charge in [0.05, 0.1) is 10.2 Å². The first kappa shape index (κ1) is 14.4. The van der Waals surface area contributed by atoms with Crippen LogP contribution in [0.15, 0.2) is 23.7 Å². The minimum Gasteiger partial charge on any atom is -0.385 e. The highest BCUT2D eigenvalue weighted by Crippen LogP contribution is 2.22. The Morgan fingerprint density at radius 3 is 3.11 bits per heavy atom. The van der Waals surface area contributed by atoms with Gasteiger partial charge in [-0.2, -0.15) is 0 Å². The number of hydrogen-bond donors (Lipinski definition) is 1. The molecule has 0 saturated carbocycles. The van der Waals surface area contributed by atoms with Gasteiger partial charge in [0.25, 0.3) is 0 Å². The van der Waals surface area contributed by atoms with Crippen LogP contribution in [0, 0.1) is 0 Å².